The van der Waals surface area contributed by atoms with Crippen molar-refractivity contribution < 1.29 is 9.53 Å². The van der Waals surface area contributed by atoms with Crippen LogP contribution in [0.5, 0.6) is 0 Å². The third-order valence-corrected chi connectivity index (χ3v) is 1.25. The Morgan fingerprint density at radius 2 is 2.42 bits per heavy atom. The van der Waals surface area contributed by atoms with Gasteiger partial charge < -0.3 is 10.1 Å². The highest BCUT2D eigenvalue weighted by Crippen LogP contribution is 2.00. The Morgan fingerprint density at radius 3 is 2.92 bits per heavy atom. The standard InChI is InChI=1S/C6H8N4O2/c1-9(2)4-5-6(3-7)10(11)12-8-5/h4H2,1-2H3. The highest BCUT2D eigenvalue weighted by Gasteiger charge is 2.18. The van der Waals surface area contributed by atoms with Gasteiger partial charge in [0.1, 0.15) is 0 Å². The number of rotatable bonds is 2. The van der Waals surface area contributed by atoms with Gasteiger partial charge in [-0.05, 0) is 19.0 Å². The summed E-state index contributed by atoms with van der Waals surface area (Å²) in [5.74, 6) is 0. The van der Waals surface area contributed by atoms with Gasteiger partial charge in [0.2, 0.25) is 0 Å². The van der Waals surface area contributed by atoms with Crippen LogP contribution < -0.4 is 4.90 Å². The Hall–Kier alpha value is -1.61. The van der Waals surface area contributed by atoms with Gasteiger partial charge in [0.25, 0.3) is 11.4 Å². The number of nitriles is 1. The Kier molecular flexibility index (Phi) is 2.26. The van der Waals surface area contributed by atoms with Gasteiger partial charge >= 0.3 is 0 Å². The van der Waals surface area contributed by atoms with E-state index in [-0.39, 0.29) is 10.6 Å². The van der Waals surface area contributed by atoms with Crippen LogP contribution in [0, 0.1) is 16.5 Å². The quantitative estimate of drug-likeness (QED) is 0.542. The van der Waals surface area contributed by atoms with Crippen molar-refractivity contribution in [2.24, 2.45) is 0 Å². The summed E-state index contributed by atoms with van der Waals surface area (Å²) in [4.78, 5) is 1.90. The lowest BCUT2D eigenvalue weighted by molar-refractivity contribution is -0.804. The van der Waals surface area contributed by atoms with Crippen LogP contribution in [-0.4, -0.2) is 24.2 Å². The van der Waals surface area contributed by atoms with Gasteiger partial charge in [-0.25, -0.2) is 0 Å². The molecule has 0 saturated carbocycles. The van der Waals surface area contributed by atoms with E-state index in [2.05, 4.69) is 9.79 Å². The zero-order valence-electron chi connectivity index (χ0n) is 6.81. The second-order valence-corrected chi connectivity index (χ2v) is 2.57. The second-order valence-electron chi connectivity index (χ2n) is 2.57. The van der Waals surface area contributed by atoms with Crippen LogP contribution >= 0.6 is 0 Å². The van der Waals surface area contributed by atoms with Gasteiger partial charge in [0.15, 0.2) is 6.07 Å². The number of hydrogen-bond donors (Lipinski definition) is 0. The summed E-state index contributed by atoms with van der Waals surface area (Å²) < 4.78 is 4.25. The van der Waals surface area contributed by atoms with E-state index in [1.165, 1.54) is 0 Å². The van der Waals surface area contributed by atoms with Crippen LogP contribution in [0.1, 0.15) is 11.4 Å². The molecule has 0 bridgehead atoms. The zero-order valence-corrected chi connectivity index (χ0v) is 6.81. The van der Waals surface area contributed by atoms with E-state index in [9.17, 15) is 5.21 Å². The molecule has 0 amide bonds. The maximum atomic E-state index is 10.7. The van der Waals surface area contributed by atoms with Crippen LogP contribution in [0.25, 0.3) is 0 Å². The second kappa shape index (κ2) is 3.19. The minimum Gasteiger partial charge on any atom is -0.358 e. The average Bonchev–Trinajstić information content (AvgIpc) is 2.30. The van der Waals surface area contributed by atoms with E-state index < -0.39 is 0 Å². The summed E-state index contributed by atoms with van der Waals surface area (Å²) in [6, 6.07) is 1.72. The normalized spacial score (nSPS) is 10.2. The molecule has 6 nitrogen and oxygen atoms in total. The van der Waals surface area contributed by atoms with Crippen LogP contribution in [0.4, 0.5) is 0 Å². The molecule has 1 heterocycles. The monoisotopic (exact) mass is 168 g/mol. The molecule has 1 rings (SSSR count). The molecule has 6 heteroatoms. The molecule has 1 aromatic rings. The smallest absolute Gasteiger partial charge is 0.299 e. The third kappa shape index (κ3) is 1.52. The van der Waals surface area contributed by atoms with E-state index in [0.717, 1.165) is 0 Å². The van der Waals surface area contributed by atoms with Crippen LogP contribution in [-0.2, 0) is 6.54 Å². The Balaban J connectivity index is 2.94. The highest BCUT2D eigenvalue weighted by molar-refractivity contribution is 5.18. The molecular formula is C6H8N4O2. The van der Waals surface area contributed by atoms with Gasteiger partial charge in [-0.3, -0.25) is 4.63 Å². The lowest BCUT2D eigenvalue weighted by Crippen LogP contribution is -2.27. The van der Waals surface area contributed by atoms with Crippen molar-refractivity contribution in [3.63, 3.8) is 0 Å². The summed E-state index contributed by atoms with van der Waals surface area (Å²) in [6.07, 6.45) is 0. The van der Waals surface area contributed by atoms with Gasteiger partial charge in [-0.15, -0.1) is 0 Å². The van der Waals surface area contributed by atoms with Crippen molar-refractivity contribution in [3.05, 3.63) is 16.6 Å². The Bertz CT molecular complexity index is 312. The molecule has 0 spiro atoms. The molecule has 0 fully saturated rings. The molecule has 0 radical (unpaired) electrons. The van der Waals surface area contributed by atoms with E-state index in [4.69, 9.17) is 5.26 Å². The Labute approximate surface area is 69.1 Å². The molecule has 0 N–H and O–H groups in total. The molecule has 0 saturated heterocycles. The maximum Gasteiger partial charge on any atom is 0.299 e. The summed E-state index contributed by atoms with van der Waals surface area (Å²) in [5, 5.41) is 22.6. The lowest BCUT2D eigenvalue weighted by atomic mass is 10.3. The van der Waals surface area contributed by atoms with Crippen molar-refractivity contribution in [2.45, 2.75) is 6.54 Å². The van der Waals surface area contributed by atoms with Crippen LogP contribution in [0.2, 0.25) is 0 Å². The molecule has 1 aromatic heterocycles. The lowest BCUT2D eigenvalue weighted by Gasteiger charge is -2.02. The topological polar surface area (TPSA) is 80.0 Å². The molecule has 0 atom stereocenters. The first kappa shape index (κ1) is 8.49. The van der Waals surface area contributed by atoms with Crippen LogP contribution in [0.3, 0.4) is 0 Å². The van der Waals surface area contributed by atoms with Crippen molar-refractivity contribution in [1.82, 2.24) is 10.1 Å². The van der Waals surface area contributed by atoms with Gasteiger partial charge in [-0.2, -0.15) is 5.26 Å². The molecule has 0 aromatic carbocycles. The fraction of sp³-hybridized carbons (Fsp3) is 0.500. The van der Waals surface area contributed by atoms with E-state index in [0.29, 0.717) is 12.2 Å². The molecule has 0 aliphatic carbocycles. The van der Waals surface area contributed by atoms with Crippen molar-refractivity contribution in [2.75, 3.05) is 14.1 Å². The first-order valence-corrected chi connectivity index (χ1v) is 3.28. The summed E-state index contributed by atoms with van der Waals surface area (Å²) in [5.41, 5.74) is 0.279. The molecule has 64 valence electrons. The molecule has 0 aliphatic heterocycles. The SMILES string of the molecule is CN(C)Cc1no[n+]([O-])c1C#N. The molecule has 0 aliphatic rings. The van der Waals surface area contributed by atoms with Crippen molar-refractivity contribution >= 4 is 0 Å². The van der Waals surface area contributed by atoms with Crippen molar-refractivity contribution in [1.29, 1.82) is 5.26 Å². The predicted octanol–water partition coefficient (Wildman–Crippen LogP) is -0.759. The third-order valence-electron chi connectivity index (χ3n) is 1.25. The van der Waals surface area contributed by atoms with Gasteiger partial charge in [0, 0.05) is 5.16 Å². The highest BCUT2D eigenvalue weighted by atomic mass is 16.8. The first-order chi connectivity index (χ1) is 5.65. The fourth-order valence-corrected chi connectivity index (χ4v) is 0.784. The number of hydrogen-bond acceptors (Lipinski definition) is 5. The Morgan fingerprint density at radius 1 is 1.75 bits per heavy atom. The number of nitrogens with zero attached hydrogens (tertiary/aromatic N) is 4. The minimum absolute atomic E-state index is 0.0799. The van der Waals surface area contributed by atoms with E-state index >= 15 is 0 Å². The minimum atomic E-state index is -0.0799. The average molecular weight is 168 g/mol. The molecule has 0 unspecified atom stereocenters. The van der Waals surface area contributed by atoms with Gasteiger partial charge in [0.05, 0.1) is 6.54 Å². The van der Waals surface area contributed by atoms with Crippen molar-refractivity contribution in [3.8, 4) is 6.07 Å². The van der Waals surface area contributed by atoms with E-state index in [1.54, 1.807) is 11.0 Å². The molecular weight excluding hydrogens is 160 g/mol. The summed E-state index contributed by atoms with van der Waals surface area (Å²) >= 11 is 0. The first-order valence-electron chi connectivity index (χ1n) is 3.28. The predicted molar refractivity (Wildman–Crippen MR) is 37.6 cm³/mol. The maximum absolute atomic E-state index is 10.7. The number of aromatic nitrogens is 2. The van der Waals surface area contributed by atoms with Crippen LogP contribution in [0.15, 0.2) is 4.63 Å². The fourth-order valence-electron chi connectivity index (χ4n) is 0.784. The molecule has 12 heavy (non-hydrogen) atoms. The van der Waals surface area contributed by atoms with E-state index in [1.807, 2.05) is 14.1 Å². The largest absolute Gasteiger partial charge is 0.358 e. The summed E-state index contributed by atoms with van der Waals surface area (Å²) in [7, 11) is 3.62. The summed E-state index contributed by atoms with van der Waals surface area (Å²) in [6.45, 7) is 0.418. The zero-order chi connectivity index (χ0) is 9.14. The van der Waals surface area contributed by atoms with Gasteiger partial charge in [-0.1, -0.05) is 0 Å².